The highest BCUT2D eigenvalue weighted by Gasteiger charge is 2.15. The van der Waals surface area contributed by atoms with Crippen LogP contribution in [0.5, 0.6) is 0 Å². The van der Waals surface area contributed by atoms with Crippen LogP contribution in [0.25, 0.3) is 11.0 Å². The molecular formula is C24H21ClN2O3. The second-order valence-electron chi connectivity index (χ2n) is 7.21. The summed E-state index contributed by atoms with van der Waals surface area (Å²) >= 11 is 6.06. The van der Waals surface area contributed by atoms with E-state index in [0.717, 1.165) is 27.7 Å². The summed E-state index contributed by atoms with van der Waals surface area (Å²) in [7, 11) is 3.13. The van der Waals surface area contributed by atoms with Crippen LogP contribution in [0.3, 0.4) is 0 Å². The van der Waals surface area contributed by atoms with Crippen molar-refractivity contribution in [1.82, 2.24) is 9.13 Å². The van der Waals surface area contributed by atoms with Crippen LogP contribution in [0.4, 0.5) is 0 Å². The zero-order chi connectivity index (χ0) is 21.3. The van der Waals surface area contributed by atoms with Gasteiger partial charge in [-0.3, -0.25) is 9.13 Å². The number of aryl methyl sites for hydroxylation is 1. The van der Waals surface area contributed by atoms with Crippen molar-refractivity contribution in [2.45, 2.75) is 13.0 Å². The molecule has 0 aliphatic carbocycles. The van der Waals surface area contributed by atoms with Crippen molar-refractivity contribution in [3.05, 3.63) is 104 Å². The van der Waals surface area contributed by atoms with Crippen molar-refractivity contribution in [2.75, 3.05) is 7.11 Å². The fraction of sp³-hybridized carbons (Fsp3) is 0.167. The number of halogens is 1. The highest BCUT2D eigenvalue weighted by Crippen LogP contribution is 2.23. The molecule has 0 fully saturated rings. The monoisotopic (exact) mass is 420 g/mol. The maximum absolute atomic E-state index is 12.8. The maximum atomic E-state index is 12.8. The Bertz CT molecular complexity index is 1290. The van der Waals surface area contributed by atoms with E-state index in [9.17, 15) is 9.59 Å². The number of hydrogen-bond donors (Lipinski definition) is 0. The van der Waals surface area contributed by atoms with E-state index in [-0.39, 0.29) is 5.69 Å². The number of imidazole rings is 1. The van der Waals surface area contributed by atoms with Gasteiger partial charge in [-0.2, -0.15) is 0 Å². The lowest BCUT2D eigenvalue weighted by Crippen LogP contribution is -2.22. The molecule has 5 nitrogen and oxygen atoms in total. The fourth-order valence-corrected chi connectivity index (χ4v) is 3.88. The first-order chi connectivity index (χ1) is 14.5. The summed E-state index contributed by atoms with van der Waals surface area (Å²) in [4.78, 5) is 25.0. The Morgan fingerprint density at radius 2 is 1.73 bits per heavy atom. The number of rotatable bonds is 5. The minimum absolute atomic E-state index is 0.0623. The van der Waals surface area contributed by atoms with Crippen molar-refractivity contribution >= 4 is 28.6 Å². The van der Waals surface area contributed by atoms with E-state index in [1.165, 1.54) is 7.11 Å². The quantitative estimate of drug-likeness (QED) is 0.449. The number of benzene rings is 3. The third-order valence-corrected chi connectivity index (χ3v) is 5.50. The topological polar surface area (TPSA) is 53.2 Å². The number of ether oxygens (including phenoxy) is 1. The SMILES string of the molecule is COC(=O)c1cc(Cl)ccc1Cc1ccc2c(c1)n(C)c(=O)n2Cc1ccccc1. The minimum Gasteiger partial charge on any atom is -0.465 e. The number of carbonyl (C=O) groups is 1. The Labute approximate surface area is 179 Å². The molecule has 152 valence electrons. The largest absolute Gasteiger partial charge is 0.465 e. The van der Waals surface area contributed by atoms with Crippen LogP contribution in [-0.4, -0.2) is 22.2 Å². The van der Waals surface area contributed by atoms with Crippen LogP contribution in [0.2, 0.25) is 5.02 Å². The molecule has 0 spiro atoms. The fourth-order valence-electron chi connectivity index (χ4n) is 3.70. The molecule has 1 aromatic heterocycles. The van der Waals surface area contributed by atoms with Gasteiger partial charge in [0.25, 0.3) is 0 Å². The van der Waals surface area contributed by atoms with Crippen LogP contribution in [-0.2, 0) is 24.8 Å². The first-order valence-corrected chi connectivity index (χ1v) is 9.94. The summed E-state index contributed by atoms with van der Waals surface area (Å²) in [5.41, 5.74) is 4.98. The average molecular weight is 421 g/mol. The number of fused-ring (bicyclic) bond motifs is 1. The van der Waals surface area contributed by atoms with Gasteiger partial charge < -0.3 is 4.74 Å². The molecule has 4 aromatic rings. The first kappa shape index (κ1) is 20.0. The van der Waals surface area contributed by atoms with Crippen LogP contribution in [0, 0.1) is 0 Å². The molecule has 4 rings (SSSR count). The van der Waals surface area contributed by atoms with Gasteiger partial charge >= 0.3 is 11.7 Å². The second kappa shape index (κ2) is 8.20. The van der Waals surface area contributed by atoms with Crippen molar-refractivity contribution in [3.8, 4) is 0 Å². The Balaban J connectivity index is 1.73. The van der Waals surface area contributed by atoms with Gasteiger partial charge in [-0.1, -0.05) is 54.1 Å². The van der Waals surface area contributed by atoms with Crippen molar-refractivity contribution in [1.29, 1.82) is 0 Å². The lowest BCUT2D eigenvalue weighted by atomic mass is 9.99. The number of carbonyl (C=O) groups excluding carboxylic acids is 1. The molecule has 1 heterocycles. The lowest BCUT2D eigenvalue weighted by Gasteiger charge is -2.09. The summed E-state index contributed by atoms with van der Waals surface area (Å²) in [5, 5.41) is 0.481. The third-order valence-electron chi connectivity index (χ3n) is 5.27. The molecule has 6 heteroatoms. The average Bonchev–Trinajstić information content (AvgIpc) is 2.99. The molecule has 0 aliphatic heterocycles. The predicted molar refractivity (Wildman–Crippen MR) is 118 cm³/mol. The van der Waals surface area contributed by atoms with Crippen molar-refractivity contribution < 1.29 is 9.53 Å². The number of aromatic nitrogens is 2. The van der Waals surface area contributed by atoms with E-state index in [1.807, 2.05) is 54.6 Å². The van der Waals surface area contributed by atoms with Crippen LogP contribution in [0.1, 0.15) is 27.0 Å². The first-order valence-electron chi connectivity index (χ1n) is 9.56. The van der Waals surface area contributed by atoms with Crippen LogP contribution >= 0.6 is 11.6 Å². The zero-order valence-electron chi connectivity index (χ0n) is 16.8. The lowest BCUT2D eigenvalue weighted by molar-refractivity contribution is 0.0599. The van der Waals surface area contributed by atoms with Crippen molar-refractivity contribution in [2.24, 2.45) is 7.05 Å². The number of hydrogen-bond acceptors (Lipinski definition) is 3. The smallest absolute Gasteiger partial charge is 0.338 e. The van der Waals surface area contributed by atoms with E-state index in [0.29, 0.717) is 23.6 Å². The normalized spacial score (nSPS) is 11.0. The molecule has 0 amide bonds. The number of nitrogens with zero attached hydrogens (tertiary/aromatic N) is 2. The zero-order valence-corrected chi connectivity index (χ0v) is 17.5. The molecule has 0 saturated carbocycles. The Kier molecular flexibility index (Phi) is 5.46. The van der Waals surface area contributed by atoms with Gasteiger partial charge in [0.05, 0.1) is 30.3 Å². The van der Waals surface area contributed by atoms with Crippen molar-refractivity contribution in [3.63, 3.8) is 0 Å². The van der Waals surface area contributed by atoms with Gasteiger partial charge in [-0.25, -0.2) is 9.59 Å². The molecule has 0 radical (unpaired) electrons. The molecule has 0 bridgehead atoms. The predicted octanol–water partition coefficient (Wildman–Crippen LogP) is 4.42. The third kappa shape index (κ3) is 3.76. The van der Waals surface area contributed by atoms with Crippen LogP contribution < -0.4 is 5.69 Å². The van der Waals surface area contributed by atoms with E-state index in [2.05, 4.69) is 0 Å². The van der Waals surface area contributed by atoms with Gasteiger partial charge in [0.15, 0.2) is 0 Å². The molecule has 30 heavy (non-hydrogen) atoms. The molecule has 0 saturated heterocycles. The Hall–Kier alpha value is -3.31. The Morgan fingerprint density at radius 1 is 0.967 bits per heavy atom. The standard InChI is InChI=1S/C24H21ClN2O3/c1-26-22-13-17(12-18-9-10-19(25)14-20(18)23(28)30-2)8-11-21(22)27(24(26)29)15-16-6-4-3-5-7-16/h3-11,13-14H,12,15H2,1-2H3. The minimum atomic E-state index is -0.421. The van der Waals surface area contributed by atoms with E-state index in [1.54, 1.807) is 28.3 Å². The van der Waals surface area contributed by atoms with Crippen LogP contribution in [0.15, 0.2) is 71.5 Å². The van der Waals surface area contributed by atoms with Gasteiger partial charge in [-0.05, 0) is 47.4 Å². The van der Waals surface area contributed by atoms with Gasteiger partial charge in [0, 0.05) is 12.1 Å². The molecule has 0 aliphatic rings. The van der Waals surface area contributed by atoms with E-state index in [4.69, 9.17) is 16.3 Å². The van der Waals surface area contributed by atoms with E-state index >= 15 is 0 Å². The molecule has 0 N–H and O–H groups in total. The maximum Gasteiger partial charge on any atom is 0.338 e. The Morgan fingerprint density at radius 3 is 2.47 bits per heavy atom. The molecule has 3 aromatic carbocycles. The molecular weight excluding hydrogens is 400 g/mol. The van der Waals surface area contributed by atoms with Gasteiger partial charge in [0.2, 0.25) is 0 Å². The summed E-state index contributed by atoms with van der Waals surface area (Å²) in [5.74, 6) is -0.421. The molecule has 0 atom stereocenters. The second-order valence-corrected chi connectivity index (χ2v) is 7.64. The van der Waals surface area contributed by atoms with Gasteiger partial charge in [0.1, 0.15) is 0 Å². The highest BCUT2D eigenvalue weighted by atomic mass is 35.5. The van der Waals surface area contributed by atoms with Gasteiger partial charge in [-0.15, -0.1) is 0 Å². The summed E-state index contributed by atoms with van der Waals surface area (Å²) in [6, 6.07) is 21.1. The highest BCUT2D eigenvalue weighted by molar-refractivity contribution is 6.31. The number of methoxy groups -OCH3 is 1. The summed E-state index contributed by atoms with van der Waals surface area (Å²) < 4.78 is 8.32. The summed E-state index contributed by atoms with van der Waals surface area (Å²) in [6.07, 6.45) is 0.523. The molecule has 0 unspecified atom stereocenters. The van der Waals surface area contributed by atoms with E-state index < -0.39 is 5.97 Å². The summed E-state index contributed by atoms with van der Waals surface area (Å²) in [6.45, 7) is 0.514. The number of esters is 1.